The van der Waals surface area contributed by atoms with Crippen molar-refractivity contribution in [3.8, 4) is 0 Å². The van der Waals surface area contributed by atoms with E-state index in [4.69, 9.17) is 4.57 Å². The molecule has 0 fully saturated rings. The summed E-state index contributed by atoms with van der Waals surface area (Å²) in [4.78, 5) is 0. The molecule has 0 saturated carbocycles. The van der Waals surface area contributed by atoms with Gasteiger partial charge in [-0.2, -0.15) is 0 Å². The molecule has 27 valence electrons. The summed E-state index contributed by atoms with van der Waals surface area (Å²) in [6, 6.07) is 0. The summed E-state index contributed by atoms with van der Waals surface area (Å²) in [6.45, 7) is 0. The Kier molecular flexibility index (Phi) is 151. The van der Waals surface area contributed by atoms with E-state index in [2.05, 4.69) is 0 Å². The average Bonchev–Trinajstić information content (AvgIpc) is 1.00. The summed E-state index contributed by atoms with van der Waals surface area (Å²) in [6.07, 6.45) is 0. The SMILES string of the molecule is O=P.[Fe].[Mn]. The molecule has 0 amide bonds. The van der Waals surface area contributed by atoms with E-state index in [9.17, 15) is 0 Å². The molecule has 0 aromatic rings. The summed E-state index contributed by atoms with van der Waals surface area (Å²) in [5.74, 6) is 0. The maximum Gasteiger partial charge on any atom is 0.138 e. The standard InChI is InChI=1S/Fe.Mn.HOP/c;;1-2/h;;2H. The van der Waals surface area contributed by atoms with Crippen molar-refractivity contribution in [3.05, 3.63) is 0 Å². The molecule has 0 bridgehead atoms. The molecule has 0 N–H and O–H groups in total. The minimum atomic E-state index is 0. The van der Waals surface area contributed by atoms with Crippen molar-refractivity contribution in [1.29, 1.82) is 0 Å². The Morgan fingerprint density at radius 3 is 1.25 bits per heavy atom. The maximum atomic E-state index is 8.06. The molecule has 0 unspecified atom stereocenters. The first-order valence-corrected chi connectivity index (χ1v) is 0.612. The van der Waals surface area contributed by atoms with Gasteiger partial charge in [-0.3, -0.25) is 4.57 Å². The maximum absolute atomic E-state index is 8.06. The van der Waals surface area contributed by atoms with Gasteiger partial charge in [0.05, 0.1) is 0 Å². The van der Waals surface area contributed by atoms with Crippen molar-refractivity contribution in [2.24, 2.45) is 0 Å². The summed E-state index contributed by atoms with van der Waals surface area (Å²) in [5, 5.41) is 0. The smallest absolute Gasteiger partial charge is 0.138 e. The third-order valence-electron chi connectivity index (χ3n) is 0. The predicted octanol–water partition coefficient (Wildman–Crippen LogP) is 0.470. The molecule has 0 rings (SSSR count). The van der Waals surface area contributed by atoms with Gasteiger partial charge < -0.3 is 0 Å². The first-order chi connectivity index (χ1) is 1.00. The van der Waals surface area contributed by atoms with E-state index in [1.54, 1.807) is 9.12 Å². The number of hydrogen-bond acceptors (Lipinski definition) is 1. The summed E-state index contributed by atoms with van der Waals surface area (Å²) < 4.78 is 8.06. The number of rotatable bonds is 0. The van der Waals surface area contributed by atoms with Gasteiger partial charge in [-0.1, -0.05) is 0 Å². The minimum Gasteiger partial charge on any atom is -0.279 e. The van der Waals surface area contributed by atoms with Crippen LogP contribution in [0.1, 0.15) is 0 Å². The molecule has 0 aliphatic rings. The van der Waals surface area contributed by atoms with Crippen molar-refractivity contribution in [1.82, 2.24) is 0 Å². The minimum absolute atomic E-state index is 0. The Morgan fingerprint density at radius 2 is 1.25 bits per heavy atom. The van der Waals surface area contributed by atoms with Crippen LogP contribution >= 0.6 is 9.12 Å². The molecule has 0 atom stereocenters. The van der Waals surface area contributed by atoms with E-state index in [0.717, 1.165) is 0 Å². The van der Waals surface area contributed by atoms with Crippen LogP contribution in [0.5, 0.6) is 0 Å². The van der Waals surface area contributed by atoms with E-state index in [-0.39, 0.29) is 34.1 Å². The summed E-state index contributed by atoms with van der Waals surface area (Å²) >= 11 is 0. The van der Waals surface area contributed by atoms with Crippen LogP contribution in [0.4, 0.5) is 0 Å². The molecule has 0 aliphatic heterocycles. The number of hydrogen-bond donors (Lipinski definition) is 0. The van der Waals surface area contributed by atoms with Gasteiger partial charge >= 0.3 is 0 Å². The van der Waals surface area contributed by atoms with Gasteiger partial charge in [-0.15, -0.1) is 0 Å². The van der Waals surface area contributed by atoms with Crippen LogP contribution in [0, 0.1) is 0 Å². The Bertz CT molecular complexity index is 8.00. The summed E-state index contributed by atoms with van der Waals surface area (Å²) in [7, 11) is 1.72. The Hall–Kier alpha value is 1.14. The van der Waals surface area contributed by atoms with Crippen molar-refractivity contribution in [2.75, 3.05) is 0 Å². The van der Waals surface area contributed by atoms with Crippen molar-refractivity contribution in [3.63, 3.8) is 0 Å². The first-order valence-electron chi connectivity index (χ1n) is 0.204. The molecule has 4 heteroatoms. The van der Waals surface area contributed by atoms with Crippen LogP contribution in [0.2, 0.25) is 0 Å². The molecular weight excluding hydrogens is 158 g/mol. The average molecular weight is 159 g/mol. The van der Waals surface area contributed by atoms with Gasteiger partial charge in [0.15, 0.2) is 0 Å². The van der Waals surface area contributed by atoms with Crippen LogP contribution in [-0.2, 0) is 38.7 Å². The van der Waals surface area contributed by atoms with Crippen LogP contribution in [0.15, 0.2) is 0 Å². The zero-order valence-corrected chi connectivity index (χ0v) is 4.92. The van der Waals surface area contributed by atoms with E-state index in [1.165, 1.54) is 0 Å². The van der Waals surface area contributed by atoms with Crippen molar-refractivity contribution in [2.45, 2.75) is 0 Å². The first kappa shape index (κ1) is 19.2. The monoisotopic (exact) mass is 159 g/mol. The van der Waals surface area contributed by atoms with Gasteiger partial charge in [0, 0.05) is 34.1 Å². The zero-order valence-electron chi connectivity index (χ0n) is 1.64. The molecule has 1 radical (unpaired) electrons. The molecule has 0 spiro atoms. The largest absolute Gasteiger partial charge is 0.279 e. The van der Waals surface area contributed by atoms with Crippen LogP contribution in [0.3, 0.4) is 0 Å². The third-order valence-corrected chi connectivity index (χ3v) is 0. The normalized spacial score (nSPS) is 1.00. The Balaban J connectivity index is -0.00000000500. The molecule has 0 heterocycles. The predicted molar refractivity (Wildman–Crippen MR) is 9.00 cm³/mol. The molecule has 4 heavy (non-hydrogen) atoms. The van der Waals surface area contributed by atoms with Crippen molar-refractivity contribution < 1.29 is 38.7 Å². The van der Waals surface area contributed by atoms with E-state index >= 15 is 0 Å². The Morgan fingerprint density at radius 1 is 1.25 bits per heavy atom. The quantitative estimate of drug-likeness (QED) is 0.370. The van der Waals surface area contributed by atoms with Gasteiger partial charge in [0.1, 0.15) is 9.12 Å². The Labute approximate surface area is 48.1 Å². The second kappa shape index (κ2) is 31.4. The molecule has 1 nitrogen and oxygen atoms in total. The molecule has 0 saturated heterocycles. The zero-order chi connectivity index (χ0) is 2.00. The fraction of sp³-hybridized carbons (Fsp3) is 0. The molecule has 0 aromatic carbocycles. The fourth-order valence-corrected chi connectivity index (χ4v) is 0. The topological polar surface area (TPSA) is 17.1 Å². The third kappa shape index (κ3) is 11.1. The second-order valence-electron chi connectivity index (χ2n) is 0. The van der Waals surface area contributed by atoms with E-state index in [1.807, 2.05) is 0 Å². The fourth-order valence-electron chi connectivity index (χ4n) is 0. The molecular formula is HFeMnOP. The van der Waals surface area contributed by atoms with Crippen LogP contribution in [-0.4, -0.2) is 0 Å². The van der Waals surface area contributed by atoms with Gasteiger partial charge in [-0.05, 0) is 0 Å². The van der Waals surface area contributed by atoms with E-state index in [0.29, 0.717) is 0 Å². The second-order valence-corrected chi connectivity index (χ2v) is 0. The van der Waals surface area contributed by atoms with Gasteiger partial charge in [0.25, 0.3) is 0 Å². The van der Waals surface area contributed by atoms with Crippen LogP contribution < -0.4 is 0 Å². The molecule has 0 aromatic heterocycles. The van der Waals surface area contributed by atoms with Crippen LogP contribution in [0.25, 0.3) is 0 Å². The summed E-state index contributed by atoms with van der Waals surface area (Å²) in [5.41, 5.74) is 0. The van der Waals surface area contributed by atoms with E-state index < -0.39 is 0 Å². The van der Waals surface area contributed by atoms with Crippen molar-refractivity contribution >= 4 is 9.12 Å². The van der Waals surface area contributed by atoms with Gasteiger partial charge in [-0.25, -0.2) is 0 Å². The molecule has 0 aliphatic carbocycles. The van der Waals surface area contributed by atoms with Gasteiger partial charge in [0.2, 0.25) is 0 Å².